The first-order valence-electron chi connectivity index (χ1n) is 39.3. The van der Waals surface area contributed by atoms with Gasteiger partial charge in [-0.2, -0.15) is 0 Å². The van der Waals surface area contributed by atoms with Crippen LogP contribution in [0.2, 0.25) is 0 Å². The van der Waals surface area contributed by atoms with Crippen LogP contribution in [-0.2, 0) is 0 Å². The Morgan fingerprint density at radius 1 is 0.209 bits per heavy atom. The van der Waals surface area contributed by atoms with E-state index in [1.807, 2.05) is 24.8 Å². The van der Waals surface area contributed by atoms with Crippen LogP contribution in [0.3, 0.4) is 0 Å². The minimum Gasteiger partial charge on any atom is -0.252 e. The minimum atomic E-state index is 0.267. The Morgan fingerprint density at radius 3 is 0.904 bits per heavy atom. The number of fused-ring (bicyclic) bond motifs is 24. The lowest BCUT2D eigenvalue weighted by atomic mass is 9.85. The lowest BCUT2D eigenvalue weighted by molar-refractivity contribution is 0.756. The van der Waals surface area contributed by atoms with Crippen LogP contribution in [0.5, 0.6) is 0 Å². The molecule has 22 aromatic rings. The second kappa shape index (κ2) is 26.6. The smallest absolute Gasteiger partial charge is 0.0979 e. The third-order valence-corrected chi connectivity index (χ3v) is 23.8. The first-order valence-corrected chi connectivity index (χ1v) is 39.3. The standard InChI is InChI=1S/C107H66N8/c1-63-45-46-72(56-93(63)98-61-110-101-87-39-10-3-32-79(87)82-35-6-13-42-90(82)105(101)114-98)68-25-18-24-67(53-68)71-28-20-30-76(55-71)97-60-109-103-95-58-74(48-50-85(95)84-37-8-15-44-92(84)107(103)113-97)77-49-47-73(57-94(77)99-62-111-102-88-40-11-4-33-80(88)83-36-7-14-43-91(83)106(102)115-99)69-26-17-22-65(52-69)64-21-16-23-66(51-64)70-27-19-29-75(54-70)96-59-108-100-86-38-9-2-31-78(86)81-34-5-12-41-89(81)104(100)112-96/h2-44,46-63H,45H2,1H3. The van der Waals surface area contributed by atoms with Crippen molar-refractivity contribution in [1.29, 1.82) is 0 Å². The molecule has 0 bridgehead atoms. The number of allylic oxidation sites excluding steroid dienone is 4. The van der Waals surface area contributed by atoms with E-state index in [0.717, 1.165) is 216 Å². The topological polar surface area (TPSA) is 103 Å². The second-order valence-corrected chi connectivity index (χ2v) is 30.4. The van der Waals surface area contributed by atoms with Crippen molar-refractivity contribution < 1.29 is 0 Å². The first kappa shape index (κ1) is 65.7. The van der Waals surface area contributed by atoms with E-state index < -0.39 is 0 Å². The Kier molecular flexibility index (Phi) is 15.2. The van der Waals surface area contributed by atoms with Gasteiger partial charge in [0.2, 0.25) is 0 Å². The Labute approximate surface area is 661 Å². The maximum atomic E-state index is 5.69. The zero-order valence-corrected chi connectivity index (χ0v) is 62.5. The molecule has 0 saturated heterocycles. The van der Waals surface area contributed by atoms with Crippen molar-refractivity contribution >= 4 is 141 Å². The maximum absolute atomic E-state index is 5.69. The fraction of sp³-hybridized carbons (Fsp3) is 0.0280. The van der Waals surface area contributed by atoms with E-state index in [9.17, 15) is 0 Å². The van der Waals surface area contributed by atoms with E-state index in [-0.39, 0.29) is 5.92 Å². The molecule has 0 saturated carbocycles. The van der Waals surface area contributed by atoms with Crippen molar-refractivity contribution in [3.05, 3.63) is 376 Å². The van der Waals surface area contributed by atoms with Crippen molar-refractivity contribution in [2.24, 2.45) is 5.92 Å². The molecule has 4 heterocycles. The van der Waals surface area contributed by atoms with Crippen molar-refractivity contribution in [2.75, 3.05) is 0 Å². The van der Waals surface area contributed by atoms with Crippen LogP contribution < -0.4 is 0 Å². The average molecular weight is 1460 g/mol. The Balaban J connectivity index is 0.599. The highest BCUT2D eigenvalue weighted by molar-refractivity contribution is 6.27. The van der Waals surface area contributed by atoms with E-state index in [0.29, 0.717) is 0 Å². The summed E-state index contributed by atoms with van der Waals surface area (Å²) in [6.45, 7) is 2.29. The van der Waals surface area contributed by atoms with Gasteiger partial charge in [0.15, 0.2) is 0 Å². The zero-order chi connectivity index (χ0) is 75.8. The molecule has 115 heavy (non-hydrogen) atoms. The Hall–Kier alpha value is -15.1. The van der Waals surface area contributed by atoms with E-state index in [2.05, 4.69) is 347 Å². The van der Waals surface area contributed by atoms with Crippen LogP contribution in [0, 0.1) is 5.92 Å². The third-order valence-electron chi connectivity index (χ3n) is 23.8. The molecule has 8 nitrogen and oxygen atoms in total. The third kappa shape index (κ3) is 11.0. The molecular formula is C107H66N8. The zero-order valence-electron chi connectivity index (χ0n) is 62.5. The number of hydrogen-bond acceptors (Lipinski definition) is 8. The van der Waals surface area contributed by atoms with Crippen molar-refractivity contribution in [3.8, 4) is 89.4 Å². The molecule has 18 aromatic carbocycles. The Bertz CT molecular complexity index is 7890. The summed E-state index contributed by atoms with van der Waals surface area (Å²) in [6.07, 6.45) is 13.4. The summed E-state index contributed by atoms with van der Waals surface area (Å²) >= 11 is 0. The van der Waals surface area contributed by atoms with Crippen molar-refractivity contribution in [3.63, 3.8) is 0 Å². The molecule has 0 spiro atoms. The lowest BCUT2D eigenvalue weighted by Gasteiger charge is -2.21. The molecule has 0 N–H and O–H groups in total. The predicted octanol–water partition coefficient (Wildman–Crippen LogP) is 27.5. The largest absolute Gasteiger partial charge is 0.252 e. The summed E-state index contributed by atoms with van der Waals surface area (Å²) in [7, 11) is 0. The van der Waals surface area contributed by atoms with Gasteiger partial charge in [-0.15, -0.1) is 0 Å². The van der Waals surface area contributed by atoms with Gasteiger partial charge in [-0.1, -0.05) is 298 Å². The van der Waals surface area contributed by atoms with Crippen molar-refractivity contribution in [1.82, 2.24) is 39.9 Å². The van der Waals surface area contributed by atoms with Crippen molar-refractivity contribution in [2.45, 2.75) is 13.3 Å². The molecule has 1 aliphatic carbocycles. The summed E-state index contributed by atoms with van der Waals surface area (Å²) < 4.78 is 0. The first-order chi connectivity index (χ1) is 56.9. The van der Waals surface area contributed by atoms with Gasteiger partial charge in [0.05, 0.1) is 91.7 Å². The van der Waals surface area contributed by atoms with Gasteiger partial charge in [-0.25, -0.2) is 19.9 Å². The molecule has 534 valence electrons. The van der Waals surface area contributed by atoms with Crippen LogP contribution in [0.1, 0.15) is 24.6 Å². The maximum Gasteiger partial charge on any atom is 0.0979 e. The van der Waals surface area contributed by atoms with Crippen LogP contribution in [0.4, 0.5) is 0 Å². The van der Waals surface area contributed by atoms with Gasteiger partial charge < -0.3 is 0 Å². The summed E-state index contributed by atoms with van der Waals surface area (Å²) in [5, 5.41) is 17.9. The SMILES string of the molecule is CC1CC=C(c2cccc(-c3cccc(-c4cnc5c6cc(-c7ccc(-c8cccc(-c9cccc(-c%10cccc(-c%11cnc%12c%13ccccc%13c%13ccccc%13c%12n%11)c%10)c9)c8)cc7-c7cnc8c9ccccc9c9ccccc9c8n7)ccc6c6ccccc6c5n4)c3)c2)C=C1c1cnc2c3ccccc3c3ccccc3c2n1. The number of rotatable bonds is 10. The van der Waals surface area contributed by atoms with Crippen LogP contribution in [0.25, 0.3) is 231 Å². The fourth-order valence-electron chi connectivity index (χ4n) is 18.1. The molecule has 0 aliphatic heterocycles. The molecule has 0 amide bonds. The highest BCUT2D eigenvalue weighted by atomic mass is 14.8. The lowest BCUT2D eigenvalue weighted by Crippen LogP contribution is -2.06. The van der Waals surface area contributed by atoms with Crippen LogP contribution in [-0.4, -0.2) is 39.9 Å². The van der Waals surface area contributed by atoms with E-state index in [1.54, 1.807) is 0 Å². The van der Waals surface area contributed by atoms with Gasteiger partial charge in [-0.3, -0.25) is 19.9 Å². The van der Waals surface area contributed by atoms with Gasteiger partial charge in [0.25, 0.3) is 0 Å². The highest BCUT2D eigenvalue weighted by Crippen LogP contribution is 2.46. The van der Waals surface area contributed by atoms with Gasteiger partial charge >= 0.3 is 0 Å². The van der Waals surface area contributed by atoms with Crippen LogP contribution >= 0.6 is 0 Å². The molecule has 1 atom stereocenters. The molecule has 0 radical (unpaired) electrons. The fourth-order valence-corrected chi connectivity index (χ4v) is 18.1. The highest BCUT2D eigenvalue weighted by Gasteiger charge is 2.24. The second-order valence-electron chi connectivity index (χ2n) is 30.4. The van der Waals surface area contributed by atoms with E-state index >= 15 is 0 Å². The Morgan fingerprint density at radius 2 is 0.496 bits per heavy atom. The molecule has 23 rings (SSSR count). The molecule has 8 heteroatoms. The summed E-state index contributed by atoms with van der Waals surface area (Å²) in [6, 6.07) is 118. The number of aromatic nitrogens is 8. The monoisotopic (exact) mass is 1460 g/mol. The van der Waals surface area contributed by atoms with E-state index in [1.165, 1.54) is 32.7 Å². The number of benzene rings is 18. The normalized spacial score (nSPS) is 13.2. The average Bonchev–Trinajstić information content (AvgIpc) is 0.732. The summed E-state index contributed by atoms with van der Waals surface area (Å²) in [5.74, 6) is 0.267. The van der Waals surface area contributed by atoms with Crippen LogP contribution in [0.15, 0.2) is 365 Å². The summed E-state index contributed by atoms with van der Waals surface area (Å²) in [5.41, 5.74) is 27.7. The predicted molar refractivity (Wildman–Crippen MR) is 479 cm³/mol. The van der Waals surface area contributed by atoms with Gasteiger partial charge in [0, 0.05) is 59.8 Å². The molecule has 1 aliphatic rings. The minimum absolute atomic E-state index is 0.267. The van der Waals surface area contributed by atoms with E-state index in [4.69, 9.17) is 39.9 Å². The quantitative estimate of drug-likeness (QED) is 0.125. The van der Waals surface area contributed by atoms with Gasteiger partial charge in [-0.05, 0) is 176 Å². The van der Waals surface area contributed by atoms with Gasteiger partial charge in [0.1, 0.15) is 0 Å². The molecule has 1 unspecified atom stereocenters. The molecular weight excluding hydrogens is 1400 g/mol. The summed E-state index contributed by atoms with van der Waals surface area (Å²) in [4.78, 5) is 43.1. The molecule has 0 fully saturated rings. The number of nitrogens with zero attached hydrogens (tertiary/aromatic N) is 8. The number of hydrogen-bond donors (Lipinski definition) is 0. The molecule has 4 aromatic heterocycles.